The van der Waals surface area contributed by atoms with Crippen LogP contribution in [0.5, 0.6) is 5.88 Å². The molecule has 0 bridgehead atoms. The minimum absolute atomic E-state index is 0.194. The molecule has 0 atom stereocenters. The van der Waals surface area contributed by atoms with Gasteiger partial charge in [-0.05, 0) is 37.1 Å². The van der Waals surface area contributed by atoms with Crippen molar-refractivity contribution in [1.29, 1.82) is 0 Å². The molecule has 0 saturated carbocycles. The lowest BCUT2D eigenvalue weighted by atomic mass is 10.2. The van der Waals surface area contributed by atoms with Crippen LogP contribution in [-0.4, -0.2) is 50.4 Å². The number of pyridine rings is 1. The number of benzene rings is 1. The molecule has 138 valence electrons. The fraction of sp³-hybridized carbons (Fsp3) is 0.333. The summed E-state index contributed by atoms with van der Waals surface area (Å²) >= 11 is 0. The number of ether oxygens (including phenoxy) is 1. The number of rotatable bonds is 4. The first-order valence-corrected chi connectivity index (χ1v) is 9.65. The number of anilines is 1. The number of carbonyl (C=O) groups is 1. The number of nitrogens with zero attached hydrogens (tertiary/aromatic N) is 3. The van der Waals surface area contributed by atoms with Gasteiger partial charge in [0.15, 0.2) is 0 Å². The van der Waals surface area contributed by atoms with E-state index in [4.69, 9.17) is 4.74 Å². The zero-order valence-corrected chi connectivity index (χ0v) is 15.8. The molecule has 2 aromatic rings. The Bertz CT molecular complexity index is 943. The third-order valence-electron chi connectivity index (χ3n) is 4.39. The molecule has 1 saturated heterocycles. The molecular weight excluding hydrogens is 354 g/mol. The highest BCUT2D eigenvalue weighted by Crippen LogP contribution is 2.25. The average Bonchev–Trinajstić information content (AvgIpc) is 2.63. The van der Waals surface area contributed by atoms with Gasteiger partial charge in [0.25, 0.3) is 0 Å². The van der Waals surface area contributed by atoms with Gasteiger partial charge in [0.05, 0.1) is 24.2 Å². The lowest BCUT2D eigenvalue weighted by Crippen LogP contribution is -2.52. The zero-order chi connectivity index (χ0) is 18.9. The van der Waals surface area contributed by atoms with E-state index in [1.165, 1.54) is 11.4 Å². The summed E-state index contributed by atoms with van der Waals surface area (Å²) in [5, 5.41) is 0. The second-order valence-electron chi connectivity index (χ2n) is 6.21. The molecule has 0 radical (unpaired) electrons. The lowest BCUT2D eigenvalue weighted by Gasteiger charge is -2.34. The molecule has 1 aromatic carbocycles. The number of aromatic nitrogens is 1. The Labute approximate surface area is 153 Å². The van der Waals surface area contributed by atoms with E-state index in [1.54, 1.807) is 42.3 Å². The molecule has 0 unspecified atom stereocenters. The van der Waals surface area contributed by atoms with Crippen molar-refractivity contribution in [3.8, 4) is 5.88 Å². The quantitative estimate of drug-likeness (QED) is 0.813. The number of hydrogen-bond acceptors (Lipinski definition) is 5. The topological polar surface area (TPSA) is 79.8 Å². The van der Waals surface area contributed by atoms with Gasteiger partial charge in [-0.3, -0.25) is 4.79 Å². The minimum Gasteiger partial charge on any atom is -0.481 e. The predicted molar refractivity (Wildman–Crippen MR) is 97.8 cm³/mol. The van der Waals surface area contributed by atoms with Gasteiger partial charge in [0, 0.05) is 25.4 Å². The Morgan fingerprint density at radius 1 is 1.12 bits per heavy atom. The monoisotopic (exact) mass is 375 g/mol. The van der Waals surface area contributed by atoms with Crippen molar-refractivity contribution in [1.82, 2.24) is 9.29 Å². The van der Waals surface area contributed by atoms with Gasteiger partial charge in [0.2, 0.25) is 21.8 Å². The Kier molecular flexibility index (Phi) is 4.97. The fourth-order valence-corrected chi connectivity index (χ4v) is 4.62. The van der Waals surface area contributed by atoms with Gasteiger partial charge >= 0.3 is 0 Å². The van der Waals surface area contributed by atoms with Gasteiger partial charge in [-0.15, -0.1) is 0 Å². The van der Waals surface area contributed by atoms with Crippen molar-refractivity contribution in [2.24, 2.45) is 0 Å². The highest BCUT2D eigenvalue weighted by molar-refractivity contribution is 7.89. The molecule has 26 heavy (non-hydrogen) atoms. The average molecular weight is 375 g/mol. The van der Waals surface area contributed by atoms with Crippen molar-refractivity contribution in [3.63, 3.8) is 0 Å². The van der Waals surface area contributed by atoms with Crippen molar-refractivity contribution in [2.45, 2.75) is 18.7 Å². The maximum absolute atomic E-state index is 13.0. The summed E-state index contributed by atoms with van der Waals surface area (Å²) in [6.45, 7) is 3.91. The molecule has 0 aliphatic carbocycles. The van der Waals surface area contributed by atoms with Gasteiger partial charge in [-0.25, -0.2) is 13.4 Å². The maximum Gasteiger partial charge on any atom is 0.243 e. The minimum atomic E-state index is -3.72. The van der Waals surface area contributed by atoms with Crippen LogP contribution in [0.25, 0.3) is 0 Å². The van der Waals surface area contributed by atoms with Crippen LogP contribution in [0.3, 0.4) is 0 Å². The van der Waals surface area contributed by atoms with Crippen molar-refractivity contribution < 1.29 is 17.9 Å². The molecule has 1 fully saturated rings. The normalized spacial score (nSPS) is 16.0. The Morgan fingerprint density at radius 2 is 1.88 bits per heavy atom. The molecule has 1 aliphatic rings. The Hall–Kier alpha value is -2.45. The molecule has 1 aliphatic heterocycles. The van der Waals surface area contributed by atoms with Gasteiger partial charge < -0.3 is 9.64 Å². The fourth-order valence-electron chi connectivity index (χ4n) is 2.93. The Morgan fingerprint density at radius 3 is 2.58 bits per heavy atom. The van der Waals surface area contributed by atoms with E-state index in [9.17, 15) is 13.2 Å². The molecule has 8 heteroatoms. The molecule has 0 N–H and O–H groups in total. The van der Waals surface area contributed by atoms with E-state index in [-0.39, 0.29) is 30.4 Å². The summed E-state index contributed by atoms with van der Waals surface area (Å²) < 4.78 is 32.3. The summed E-state index contributed by atoms with van der Waals surface area (Å²) in [6, 6.07) is 8.66. The molecule has 7 nitrogen and oxygen atoms in total. The first-order valence-electron chi connectivity index (χ1n) is 8.21. The number of methoxy groups -OCH3 is 1. The number of aryl methyl sites for hydroxylation is 2. The van der Waals surface area contributed by atoms with E-state index < -0.39 is 10.0 Å². The number of amides is 1. The number of hydrogen-bond donors (Lipinski definition) is 0. The summed E-state index contributed by atoms with van der Waals surface area (Å²) in [5.41, 5.74) is 2.18. The highest BCUT2D eigenvalue weighted by atomic mass is 32.2. The maximum atomic E-state index is 13.0. The highest BCUT2D eigenvalue weighted by Gasteiger charge is 2.34. The van der Waals surface area contributed by atoms with E-state index in [1.807, 2.05) is 13.0 Å². The van der Waals surface area contributed by atoms with Gasteiger partial charge in [-0.2, -0.15) is 4.31 Å². The van der Waals surface area contributed by atoms with Crippen LogP contribution < -0.4 is 9.64 Å². The Balaban J connectivity index is 1.84. The molecule has 3 rings (SSSR count). The molecule has 2 heterocycles. The molecular formula is C18H21N3O4S. The molecule has 1 aromatic heterocycles. The predicted octanol–water partition coefficient (Wildman–Crippen LogP) is 1.74. The molecule has 0 spiro atoms. The van der Waals surface area contributed by atoms with Gasteiger partial charge in [0.1, 0.15) is 0 Å². The first-order chi connectivity index (χ1) is 12.3. The lowest BCUT2D eigenvalue weighted by molar-refractivity contribution is -0.119. The van der Waals surface area contributed by atoms with Crippen LogP contribution in [0.2, 0.25) is 0 Å². The summed E-state index contributed by atoms with van der Waals surface area (Å²) in [5.74, 6) is 0.124. The second kappa shape index (κ2) is 7.05. The standard InChI is InChI=1S/C18H21N3O4S/c1-13-4-5-14(2)16(10-13)26(23,24)20-8-9-21(18(22)12-20)15-6-7-19-17(11-15)25-3/h4-7,10-11H,8-9,12H2,1-3H3. The smallest absolute Gasteiger partial charge is 0.243 e. The van der Waals surface area contributed by atoms with Crippen molar-refractivity contribution in [3.05, 3.63) is 47.7 Å². The molecule has 1 amide bonds. The third kappa shape index (κ3) is 3.42. The van der Waals surface area contributed by atoms with Crippen LogP contribution in [0.4, 0.5) is 5.69 Å². The second-order valence-corrected chi connectivity index (χ2v) is 8.12. The largest absolute Gasteiger partial charge is 0.481 e. The van der Waals surface area contributed by atoms with Crippen molar-refractivity contribution in [2.75, 3.05) is 31.6 Å². The van der Waals surface area contributed by atoms with Crippen LogP contribution in [0.1, 0.15) is 11.1 Å². The van der Waals surface area contributed by atoms with E-state index in [0.717, 1.165) is 5.56 Å². The van der Waals surface area contributed by atoms with Crippen LogP contribution in [0.15, 0.2) is 41.4 Å². The van der Waals surface area contributed by atoms with Gasteiger partial charge in [-0.1, -0.05) is 12.1 Å². The number of sulfonamides is 1. The first kappa shape index (κ1) is 18.3. The van der Waals surface area contributed by atoms with E-state index >= 15 is 0 Å². The third-order valence-corrected chi connectivity index (χ3v) is 6.37. The summed E-state index contributed by atoms with van der Waals surface area (Å²) in [7, 11) is -2.22. The number of carbonyl (C=O) groups excluding carboxylic acids is 1. The van der Waals surface area contributed by atoms with E-state index in [0.29, 0.717) is 17.1 Å². The van der Waals surface area contributed by atoms with Crippen LogP contribution in [-0.2, 0) is 14.8 Å². The SMILES string of the molecule is COc1cc(N2CCN(S(=O)(=O)c3cc(C)ccc3C)CC2=O)ccn1. The van der Waals surface area contributed by atoms with Crippen LogP contribution >= 0.6 is 0 Å². The summed E-state index contributed by atoms with van der Waals surface area (Å²) in [4.78, 5) is 18.4. The van der Waals surface area contributed by atoms with E-state index in [2.05, 4.69) is 4.98 Å². The zero-order valence-electron chi connectivity index (χ0n) is 15.0. The van der Waals surface area contributed by atoms with Crippen molar-refractivity contribution >= 4 is 21.6 Å². The summed E-state index contributed by atoms with van der Waals surface area (Å²) in [6.07, 6.45) is 1.56. The number of piperazine rings is 1. The van der Waals surface area contributed by atoms with Crippen LogP contribution in [0, 0.1) is 13.8 Å².